The third-order valence-corrected chi connectivity index (χ3v) is 3.87. The molecule has 1 aromatic carbocycles. The average Bonchev–Trinajstić information content (AvgIpc) is 2.28. The first-order chi connectivity index (χ1) is 8.38. The maximum atomic E-state index is 11.9. The van der Waals surface area contributed by atoms with Gasteiger partial charge in [-0.2, -0.15) is 0 Å². The molecular formula is C11H16N2O4S. The minimum atomic E-state index is -3.81. The fourth-order valence-electron chi connectivity index (χ4n) is 1.41. The Morgan fingerprint density at radius 2 is 2.11 bits per heavy atom. The van der Waals surface area contributed by atoms with Crippen molar-refractivity contribution in [2.75, 3.05) is 12.3 Å². The van der Waals surface area contributed by atoms with Crippen molar-refractivity contribution in [3.8, 4) is 0 Å². The van der Waals surface area contributed by atoms with Crippen LogP contribution in [0.15, 0.2) is 23.1 Å². The molecule has 0 aliphatic rings. The molecule has 0 unspecified atom stereocenters. The summed E-state index contributed by atoms with van der Waals surface area (Å²) in [5.41, 5.74) is 5.34. The molecule has 0 amide bonds. The molecule has 0 aliphatic carbocycles. The van der Waals surface area contributed by atoms with E-state index in [0.717, 1.165) is 12.5 Å². The molecule has 0 aromatic heterocycles. The Balaban J connectivity index is 3.12. The minimum absolute atomic E-state index is 0.208. The summed E-state index contributed by atoms with van der Waals surface area (Å²) in [6, 6.07) is 3.70. The molecule has 0 atom stereocenters. The first-order valence-corrected chi connectivity index (χ1v) is 6.99. The zero-order valence-electron chi connectivity index (χ0n) is 10.0. The lowest BCUT2D eigenvalue weighted by atomic mass is 10.2. The molecule has 1 aromatic rings. The number of carboxylic acid groups (broad SMARTS) is 1. The highest BCUT2D eigenvalue weighted by Crippen LogP contribution is 2.18. The number of benzene rings is 1. The van der Waals surface area contributed by atoms with Crippen molar-refractivity contribution >= 4 is 21.7 Å². The topological polar surface area (TPSA) is 109 Å². The van der Waals surface area contributed by atoms with E-state index in [4.69, 9.17) is 10.8 Å². The molecule has 1 rings (SSSR count). The quantitative estimate of drug-likeness (QED) is 0.529. The molecule has 0 heterocycles. The molecule has 7 heteroatoms. The van der Waals surface area contributed by atoms with Crippen molar-refractivity contribution in [2.45, 2.75) is 24.7 Å². The van der Waals surface area contributed by atoms with Gasteiger partial charge in [0, 0.05) is 12.2 Å². The van der Waals surface area contributed by atoms with Crippen LogP contribution >= 0.6 is 0 Å². The Hall–Kier alpha value is -1.60. The number of hydrogen-bond donors (Lipinski definition) is 3. The molecule has 0 saturated heterocycles. The number of nitrogens with two attached hydrogens (primary N) is 1. The van der Waals surface area contributed by atoms with Crippen LogP contribution in [-0.2, 0) is 10.0 Å². The fraction of sp³-hybridized carbons (Fsp3) is 0.364. The molecule has 6 nitrogen and oxygen atoms in total. The summed E-state index contributed by atoms with van der Waals surface area (Å²) in [6.07, 6.45) is 1.53. The molecular weight excluding hydrogens is 256 g/mol. The summed E-state index contributed by atoms with van der Waals surface area (Å²) in [7, 11) is -3.81. The SMILES string of the molecule is CCCCNS(=O)(=O)c1ccc(N)cc1C(=O)O. The Kier molecular flexibility index (Phi) is 4.69. The summed E-state index contributed by atoms with van der Waals surface area (Å²) in [4.78, 5) is 10.7. The maximum absolute atomic E-state index is 11.9. The van der Waals surface area contributed by atoms with Gasteiger partial charge < -0.3 is 10.8 Å². The second kappa shape index (κ2) is 5.83. The van der Waals surface area contributed by atoms with Gasteiger partial charge in [-0.15, -0.1) is 0 Å². The van der Waals surface area contributed by atoms with Crippen LogP contribution in [-0.4, -0.2) is 26.0 Å². The van der Waals surface area contributed by atoms with Gasteiger partial charge in [0.2, 0.25) is 10.0 Å². The van der Waals surface area contributed by atoms with Crippen molar-refractivity contribution < 1.29 is 18.3 Å². The van der Waals surface area contributed by atoms with Crippen LogP contribution in [0.2, 0.25) is 0 Å². The van der Waals surface area contributed by atoms with Crippen LogP contribution < -0.4 is 10.5 Å². The Labute approximate surface area is 106 Å². The van der Waals surface area contributed by atoms with Crippen LogP contribution in [0.5, 0.6) is 0 Å². The van der Waals surface area contributed by atoms with E-state index in [0.29, 0.717) is 6.42 Å². The standard InChI is InChI=1S/C11H16N2O4S/c1-2-3-6-13-18(16,17)10-5-4-8(12)7-9(10)11(14)15/h4-5,7,13H,2-3,6,12H2,1H3,(H,14,15). The van der Waals surface area contributed by atoms with E-state index >= 15 is 0 Å². The summed E-state index contributed by atoms with van der Waals surface area (Å²) < 4.78 is 26.2. The van der Waals surface area contributed by atoms with Crippen molar-refractivity contribution in [1.29, 1.82) is 0 Å². The van der Waals surface area contributed by atoms with Gasteiger partial charge in [-0.05, 0) is 24.6 Å². The molecule has 0 aliphatic heterocycles. The molecule has 18 heavy (non-hydrogen) atoms. The van der Waals surface area contributed by atoms with E-state index in [1.165, 1.54) is 12.1 Å². The average molecular weight is 272 g/mol. The number of carbonyl (C=O) groups is 1. The van der Waals surface area contributed by atoms with Crippen molar-refractivity contribution in [3.05, 3.63) is 23.8 Å². The van der Waals surface area contributed by atoms with Crippen molar-refractivity contribution in [3.63, 3.8) is 0 Å². The summed E-state index contributed by atoms with van der Waals surface area (Å²) >= 11 is 0. The largest absolute Gasteiger partial charge is 0.478 e. The number of rotatable bonds is 6. The second-order valence-electron chi connectivity index (χ2n) is 3.81. The Bertz CT molecular complexity index is 540. The van der Waals surface area contributed by atoms with Crippen LogP contribution in [0.3, 0.4) is 0 Å². The summed E-state index contributed by atoms with van der Waals surface area (Å²) in [5.74, 6) is -1.32. The van der Waals surface area contributed by atoms with Gasteiger partial charge >= 0.3 is 5.97 Å². The number of unbranched alkanes of at least 4 members (excludes halogenated alkanes) is 1. The number of nitrogens with one attached hydrogen (secondary N) is 1. The van der Waals surface area contributed by atoms with E-state index in [2.05, 4.69) is 4.72 Å². The zero-order chi connectivity index (χ0) is 13.8. The van der Waals surface area contributed by atoms with E-state index in [9.17, 15) is 13.2 Å². The maximum Gasteiger partial charge on any atom is 0.337 e. The van der Waals surface area contributed by atoms with Gasteiger partial charge in [0.15, 0.2) is 0 Å². The number of nitrogen functional groups attached to an aromatic ring is 1. The molecule has 0 spiro atoms. The third-order valence-electron chi connectivity index (χ3n) is 2.35. The second-order valence-corrected chi connectivity index (χ2v) is 5.55. The fourth-order valence-corrected chi connectivity index (χ4v) is 2.66. The third kappa shape index (κ3) is 3.44. The van der Waals surface area contributed by atoms with Crippen LogP contribution in [0.25, 0.3) is 0 Å². The van der Waals surface area contributed by atoms with Gasteiger partial charge in [-0.1, -0.05) is 13.3 Å². The van der Waals surface area contributed by atoms with E-state index < -0.39 is 16.0 Å². The lowest BCUT2D eigenvalue weighted by Gasteiger charge is -2.09. The zero-order valence-corrected chi connectivity index (χ0v) is 10.8. The predicted octanol–water partition coefficient (Wildman–Crippen LogP) is 1.05. The number of aromatic carboxylic acids is 1. The number of hydrogen-bond acceptors (Lipinski definition) is 4. The smallest absolute Gasteiger partial charge is 0.337 e. The van der Waals surface area contributed by atoms with Gasteiger partial charge in [-0.3, -0.25) is 0 Å². The monoisotopic (exact) mass is 272 g/mol. The molecule has 0 fully saturated rings. The highest BCUT2D eigenvalue weighted by atomic mass is 32.2. The molecule has 100 valence electrons. The number of sulfonamides is 1. The molecule has 4 N–H and O–H groups in total. The van der Waals surface area contributed by atoms with Gasteiger partial charge in [0.25, 0.3) is 0 Å². The summed E-state index contributed by atoms with van der Waals surface area (Å²) in [6.45, 7) is 2.21. The normalized spacial score (nSPS) is 11.4. The van der Waals surface area contributed by atoms with E-state index in [1.54, 1.807) is 0 Å². The number of anilines is 1. The molecule has 0 radical (unpaired) electrons. The summed E-state index contributed by atoms with van der Waals surface area (Å²) in [5, 5.41) is 8.98. The first-order valence-electron chi connectivity index (χ1n) is 5.51. The number of carboxylic acids is 1. The molecule has 0 bridgehead atoms. The predicted molar refractivity (Wildman–Crippen MR) is 67.9 cm³/mol. The minimum Gasteiger partial charge on any atom is -0.478 e. The van der Waals surface area contributed by atoms with Crippen LogP contribution in [0.4, 0.5) is 5.69 Å². The van der Waals surface area contributed by atoms with Gasteiger partial charge in [0.05, 0.1) is 10.5 Å². The van der Waals surface area contributed by atoms with Gasteiger partial charge in [0.1, 0.15) is 0 Å². The molecule has 0 saturated carbocycles. The lowest BCUT2D eigenvalue weighted by Crippen LogP contribution is -2.26. The van der Waals surface area contributed by atoms with Gasteiger partial charge in [-0.25, -0.2) is 17.9 Å². The van der Waals surface area contributed by atoms with Crippen LogP contribution in [0, 0.1) is 0 Å². The first kappa shape index (κ1) is 14.5. The van der Waals surface area contributed by atoms with E-state index in [1.807, 2.05) is 6.92 Å². The van der Waals surface area contributed by atoms with Crippen molar-refractivity contribution in [2.24, 2.45) is 0 Å². The van der Waals surface area contributed by atoms with E-state index in [-0.39, 0.29) is 22.7 Å². The lowest BCUT2D eigenvalue weighted by molar-refractivity contribution is 0.0692. The van der Waals surface area contributed by atoms with Crippen molar-refractivity contribution in [1.82, 2.24) is 4.72 Å². The Morgan fingerprint density at radius 3 is 2.67 bits per heavy atom. The Morgan fingerprint density at radius 1 is 1.44 bits per heavy atom. The van der Waals surface area contributed by atoms with Crippen LogP contribution in [0.1, 0.15) is 30.1 Å². The highest BCUT2D eigenvalue weighted by Gasteiger charge is 2.21. The highest BCUT2D eigenvalue weighted by molar-refractivity contribution is 7.89.